The molecular weight excluding hydrogens is 250 g/mol. The van der Waals surface area contributed by atoms with Crippen LogP contribution < -0.4 is 4.90 Å². The molecular formula is C17H23NO2. The Morgan fingerprint density at radius 1 is 1.30 bits per heavy atom. The molecule has 20 heavy (non-hydrogen) atoms. The Kier molecular flexibility index (Phi) is 4.06. The fourth-order valence-electron chi connectivity index (χ4n) is 3.43. The molecule has 108 valence electrons. The molecule has 3 rings (SSSR count). The Labute approximate surface area is 120 Å². The summed E-state index contributed by atoms with van der Waals surface area (Å²) in [6.07, 6.45) is 4.88. The van der Waals surface area contributed by atoms with Gasteiger partial charge in [-0.25, -0.2) is 0 Å². The summed E-state index contributed by atoms with van der Waals surface area (Å²) in [4.78, 5) is 14.6. The van der Waals surface area contributed by atoms with E-state index in [4.69, 9.17) is 4.74 Å². The Balaban J connectivity index is 1.62. The quantitative estimate of drug-likeness (QED) is 0.846. The number of fused-ring (bicyclic) bond motifs is 1. The number of ether oxygens (including phenoxy) is 1. The maximum absolute atomic E-state index is 12.6. The molecule has 2 aliphatic heterocycles. The first-order valence-corrected chi connectivity index (χ1v) is 7.73. The molecule has 0 N–H and O–H groups in total. The third kappa shape index (κ3) is 2.73. The lowest BCUT2D eigenvalue weighted by Crippen LogP contribution is -2.36. The average Bonchev–Trinajstić information content (AvgIpc) is 2.82. The van der Waals surface area contributed by atoms with Gasteiger partial charge in [0.15, 0.2) is 0 Å². The number of rotatable bonds is 3. The first-order chi connectivity index (χ1) is 9.75. The van der Waals surface area contributed by atoms with Gasteiger partial charge in [0.05, 0.1) is 0 Å². The molecule has 1 atom stereocenters. The van der Waals surface area contributed by atoms with Crippen LogP contribution in [0, 0.1) is 5.92 Å². The monoisotopic (exact) mass is 273 g/mol. The van der Waals surface area contributed by atoms with Crippen LogP contribution in [-0.4, -0.2) is 25.2 Å². The minimum absolute atomic E-state index is 0.286. The van der Waals surface area contributed by atoms with Crippen LogP contribution in [0.3, 0.4) is 0 Å². The van der Waals surface area contributed by atoms with Crippen molar-refractivity contribution in [3.05, 3.63) is 29.8 Å². The lowest BCUT2D eigenvalue weighted by atomic mass is 9.94. The molecule has 1 aromatic rings. The number of hydrogen-bond donors (Lipinski definition) is 0. The molecule has 1 saturated heterocycles. The first kappa shape index (κ1) is 13.6. The zero-order chi connectivity index (χ0) is 13.9. The van der Waals surface area contributed by atoms with Crippen molar-refractivity contribution >= 4 is 11.6 Å². The van der Waals surface area contributed by atoms with Crippen molar-refractivity contribution < 1.29 is 9.53 Å². The van der Waals surface area contributed by atoms with Crippen LogP contribution in [0.15, 0.2) is 24.3 Å². The van der Waals surface area contributed by atoms with E-state index in [1.165, 1.54) is 5.56 Å². The van der Waals surface area contributed by atoms with Gasteiger partial charge in [0.2, 0.25) is 5.91 Å². The minimum atomic E-state index is 0.286. The molecule has 1 fully saturated rings. The highest BCUT2D eigenvalue weighted by atomic mass is 16.5. The predicted molar refractivity (Wildman–Crippen MR) is 79.9 cm³/mol. The van der Waals surface area contributed by atoms with Crippen molar-refractivity contribution in [1.29, 1.82) is 0 Å². The van der Waals surface area contributed by atoms with Crippen LogP contribution in [0.2, 0.25) is 0 Å². The lowest BCUT2D eigenvalue weighted by molar-refractivity contribution is -0.119. The Hall–Kier alpha value is -1.35. The maximum atomic E-state index is 12.6. The van der Waals surface area contributed by atoms with Gasteiger partial charge in [0, 0.05) is 31.4 Å². The van der Waals surface area contributed by atoms with Crippen molar-refractivity contribution in [2.24, 2.45) is 5.92 Å². The summed E-state index contributed by atoms with van der Waals surface area (Å²) < 4.78 is 5.37. The molecule has 0 spiro atoms. The van der Waals surface area contributed by atoms with Gasteiger partial charge >= 0.3 is 0 Å². The number of carbonyl (C=O) groups excluding carboxylic acids is 1. The molecule has 2 heterocycles. The van der Waals surface area contributed by atoms with Crippen molar-refractivity contribution in [2.75, 3.05) is 18.1 Å². The van der Waals surface area contributed by atoms with E-state index in [0.29, 0.717) is 18.4 Å². The van der Waals surface area contributed by atoms with E-state index >= 15 is 0 Å². The number of hydrogen-bond acceptors (Lipinski definition) is 2. The largest absolute Gasteiger partial charge is 0.381 e. The molecule has 2 aliphatic rings. The molecule has 0 aliphatic carbocycles. The van der Waals surface area contributed by atoms with Crippen molar-refractivity contribution in [2.45, 2.75) is 45.1 Å². The van der Waals surface area contributed by atoms with Gasteiger partial charge in [0.25, 0.3) is 0 Å². The molecule has 1 aromatic carbocycles. The number of amides is 1. The third-order valence-corrected chi connectivity index (χ3v) is 4.58. The van der Waals surface area contributed by atoms with Gasteiger partial charge in [-0.05, 0) is 50.2 Å². The summed E-state index contributed by atoms with van der Waals surface area (Å²) in [7, 11) is 0. The third-order valence-electron chi connectivity index (χ3n) is 4.58. The van der Waals surface area contributed by atoms with Gasteiger partial charge in [0.1, 0.15) is 0 Å². The normalized spacial score (nSPS) is 22.9. The summed E-state index contributed by atoms with van der Waals surface area (Å²) in [5.74, 6) is 0.954. The smallest absolute Gasteiger partial charge is 0.227 e. The van der Waals surface area contributed by atoms with Crippen LogP contribution in [0.4, 0.5) is 5.69 Å². The second-order valence-electron chi connectivity index (χ2n) is 6.04. The highest BCUT2D eigenvalue weighted by molar-refractivity contribution is 5.96. The van der Waals surface area contributed by atoms with Crippen LogP contribution in [0.25, 0.3) is 0 Å². The zero-order valence-electron chi connectivity index (χ0n) is 12.2. The predicted octanol–water partition coefficient (Wildman–Crippen LogP) is 3.17. The zero-order valence-corrected chi connectivity index (χ0v) is 12.2. The molecule has 0 bridgehead atoms. The Morgan fingerprint density at radius 2 is 2.05 bits per heavy atom. The SMILES string of the molecule is CC1Cc2ccccc2N1C(=O)CCC1CCOCC1. The lowest BCUT2D eigenvalue weighted by Gasteiger charge is -2.25. The van der Waals surface area contributed by atoms with E-state index in [9.17, 15) is 4.79 Å². The molecule has 3 heteroatoms. The van der Waals surface area contributed by atoms with Gasteiger partial charge in [-0.15, -0.1) is 0 Å². The Morgan fingerprint density at radius 3 is 2.85 bits per heavy atom. The summed E-state index contributed by atoms with van der Waals surface area (Å²) in [6.45, 7) is 3.87. The Bertz CT molecular complexity index is 480. The molecule has 3 nitrogen and oxygen atoms in total. The van der Waals surface area contributed by atoms with Gasteiger partial charge in [-0.1, -0.05) is 18.2 Å². The maximum Gasteiger partial charge on any atom is 0.227 e. The number of nitrogens with zero attached hydrogens (tertiary/aromatic N) is 1. The van der Waals surface area contributed by atoms with Crippen molar-refractivity contribution in [1.82, 2.24) is 0 Å². The summed E-state index contributed by atoms with van der Waals surface area (Å²) in [5, 5.41) is 0. The van der Waals surface area contributed by atoms with Crippen LogP contribution in [-0.2, 0) is 16.0 Å². The van der Waals surface area contributed by atoms with E-state index in [1.807, 2.05) is 11.0 Å². The molecule has 0 aromatic heterocycles. The highest BCUT2D eigenvalue weighted by Crippen LogP contribution is 2.33. The van der Waals surface area contributed by atoms with E-state index in [2.05, 4.69) is 25.1 Å². The average molecular weight is 273 g/mol. The fraction of sp³-hybridized carbons (Fsp3) is 0.588. The number of carbonyl (C=O) groups is 1. The number of para-hydroxylation sites is 1. The van der Waals surface area contributed by atoms with E-state index in [0.717, 1.165) is 44.6 Å². The minimum Gasteiger partial charge on any atom is -0.381 e. The molecule has 0 saturated carbocycles. The fourth-order valence-corrected chi connectivity index (χ4v) is 3.43. The summed E-state index contributed by atoms with van der Waals surface area (Å²) in [5.41, 5.74) is 2.43. The van der Waals surface area contributed by atoms with Crippen LogP contribution >= 0.6 is 0 Å². The summed E-state index contributed by atoms with van der Waals surface area (Å²) in [6, 6.07) is 8.59. The molecule has 1 unspecified atom stereocenters. The van der Waals surface area contributed by atoms with Gasteiger partial charge in [-0.3, -0.25) is 4.79 Å². The second kappa shape index (κ2) is 5.96. The van der Waals surface area contributed by atoms with E-state index in [-0.39, 0.29) is 5.91 Å². The van der Waals surface area contributed by atoms with Gasteiger partial charge in [-0.2, -0.15) is 0 Å². The van der Waals surface area contributed by atoms with E-state index in [1.54, 1.807) is 0 Å². The topological polar surface area (TPSA) is 29.5 Å². The van der Waals surface area contributed by atoms with E-state index < -0.39 is 0 Å². The molecule has 1 amide bonds. The van der Waals surface area contributed by atoms with Gasteiger partial charge < -0.3 is 9.64 Å². The number of anilines is 1. The standard InChI is InChI=1S/C17H23NO2/c1-13-12-15-4-2-3-5-16(15)18(13)17(19)7-6-14-8-10-20-11-9-14/h2-5,13-14H,6-12H2,1H3. The van der Waals surface area contributed by atoms with Crippen molar-refractivity contribution in [3.8, 4) is 0 Å². The highest BCUT2D eigenvalue weighted by Gasteiger charge is 2.30. The van der Waals surface area contributed by atoms with Crippen molar-refractivity contribution in [3.63, 3.8) is 0 Å². The van der Waals surface area contributed by atoms with Crippen LogP contribution in [0.5, 0.6) is 0 Å². The first-order valence-electron chi connectivity index (χ1n) is 7.73. The second-order valence-corrected chi connectivity index (χ2v) is 6.04. The van der Waals surface area contributed by atoms with Crippen LogP contribution in [0.1, 0.15) is 38.2 Å². The molecule has 0 radical (unpaired) electrons. The number of benzene rings is 1. The summed E-state index contributed by atoms with van der Waals surface area (Å²) >= 11 is 0.